The highest BCUT2D eigenvalue weighted by Gasteiger charge is 2.44. The van der Waals surface area contributed by atoms with E-state index in [0.717, 1.165) is 24.8 Å². The summed E-state index contributed by atoms with van der Waals surface area (Å²) in [7, 11) is 0. The van der Waals surface area contributed by atoms with Crippen LogP contribution in [0.4, 0.5) is 0 Å². The Morgan fingerprint density at radius 1 is 1.20 bits per heavy atom. The molecule has 3 rings (SSSR count). The van der Waals surface area contributed by atoms with E-state index in [2.05, 4.69) is 10.3 Å². The van der Waals surface area contributed by atoms with Gasteiger partial charge in [-0.05, 0) is 19.3 Å². The van der Waals surface area contributed by atoms with Gasteiger partial charge in [-0.15, -0.1) is 0 Å². The summed E-state index contributed by atoms with van der Waals surface area (Å²) in [4.78, 5) is 16.3. The molecular formula is C12H12N2O. The number of rotatable bonds is 1. The van der Waals surface area contributed by atoms with Crippen molar-refractivity contribution < 1.29 is 4.79 Å². The molecule has 0 unspecified atom stereocenters. The molecule has 1 fully saturated rings. The van der Waals surface area contributed by atoms with Crippen LogP contribution in [0.1, 0.15) is 24.8 Å². The molecule has 2 aliphatic rings. The Bertz CT molecular complexity index is 432. The average Bonchev–Trinajstić information content (AvgIpc) is 2.57. The number of amides is 1. The average molecular weight is 200 g/mol. The molecule has 1 aliphatic heterocycles. The van der Waals surface area contributed by atoms with E-state index in [1.165, 1.54) is 0 Å². The molecule has 76 valence electrons. The second-order valence-corrected chi connectivity index (χ2v) is 4.17. The van der Waals surface area contributed by atoms with Crippen LogP contribution in [0, 0.1) is 0 Å². The largest absolute Gasteiger partial charge is 0.326 e. The molecule has 0 bridgehead atoms. The molecule has 1 aromatic carbocycles. The Morgan fingerprint density at radius 2 is 1.93 bits per heavy atom. The summed E-state index contributed by atoms with van der Waals surface area (Å²) in [6, 6.07) is 9.65. The number of hydrogen-bond acceptors (Lipinski definition) is 2. The normalized spacial score (nSPS) is 22.1. The van der Waals surface area contributed by atoms with Crippen LogP contribution in [0.15, 0.2) is 35.3 Å². The number of nitrogens with zero attached hydrogens (tertiary/aromatic N) is 1. The van der Waals surface area contributed by atoms with Crippen molar-refractivity contribution in [2.75, 3.05) is 0 Å². The van der Waals surface area contributed by atoms with Crippen molar-refractivity contribution >= 4 is 11.6 Å². The zero-order valence-corrected chi connectivity index (χ0v) is 8.36. The van der Waals surface area contributed by atoms with E-state index >= 15 is 0 Å². The highest BCUT2D eigenvalue weighted by atomic mass is 16.2. The van der Waals surface area contributed by atoms with Gasteiger partial charge in [0, 0.05) is 5.56 Å². The zero-order chi connectivity index (χ0) is 10.3. The van der Waals surface area contributed by atoms with Gasteiger partial charge in [0.05, 0.1) is 0 Å². The summed E-state index contributed by atoms with van der Waals surface area (Å²) in [5, 5.41) is 2.97. The van der Waals surface area contributed by atoms with Gasteiger partial charge >= 0.3 is 0 Å². The first kappa shape index (κ1) is 8.65. The van der Waals surface area contributed by atoms with Gasteiger partial charge in [0.25, 0.3) is 5.91 Å². The minimum Gasteiger partial charge on any atom is -0.326 e. The van der Waals surface area contributed by atoms with Crippen molar-refractivity contribution in [3.8, 4) is 0 Å². The van der Waals surface area contributed by atoms with Crippen molar-refractivity contribution in [2.45, 2.75) is 24.9 Å². The van der Waals surface area contributed by atoms with E-state index in [1.807, 2.05) is 30.3 Å². The van der Waals surface area contributed by atoms with Crippen LogP contribution >= 0.6 is 0 Å². The molecule has 1 spiro atoms. The van der Waals surface area contributed by atoms with Crippen LogP contribution in [0.5, 0.6) is 0 Å². The Balaban J connectivity index is 1.99. The van der Waals surface area contributed by atoms with Gasteiger partial charge < -0.3 is 5.32 Å². The highest BCUT2D eigenvalue weighted by molar-refractivity contribution is 6.46. The van der Waals surface area contributed by atoms with E-state index in [0.29, 0.717) is 5.71 Å². The van der Waals surface area contributed by atoms with E-state index < -0.39 is 0 Å². The van der Waals surface area contributed by atoms with Crippen LogP contribution in [0.3, 0.4) is 0 Å². The van der Waals surface area contributed by atoms with Gasteiger partial charge in [0.1, 0.15) is 11.4 Å². The third-order valence-corrected chi connectivity index (χ3v) is 3.12. The summed E-state index contributed by atoms with van der Waals surface area (Å²) < 4.78 is 0. The van der Waals surface area contributed by atoms with Crippen LogP contribution in [-0.2, 0) is 4.79 Å². The predicted molar refractivity (Wildman–Crippen MR) is 57.7 cm³/mol. The van der Waals surface area contributed by atoms with Crippen LogP contribution < -0.4 is 5.32 Å². The standard InChI is InChI=1S/C12H12N2O/c15-11-10(9-5-2-1-3-6-9)13-12(14-11)7-4-8-12/h1-3,5-6H,4,7-8H2,(H,14,15). The van der Waals surface area contributed by atoms with E-state index in [9.17, 15) is 4.79 Å². The van der Waals surface area contributed by atoms with Crippen molar-refractivity contribution in [2.24, 2.45) is 4.99 Å². The quantitative estimate of drug-likeness (QED) is 0.733. The highest BCUT2D eigenvalue weighted by Crippen LogP contribution is 2.36. The number of benzene rings is 1. The summed E-state index contributed by atoms with van der Waals surface area (Å²) in [6.45, 7) is 0. The van der Waals surface area contributed by atoms with Gasteiger partial charge in [-0.1, -0.05) is 30.3 Å². The molecule has 0 atom stereocenters. The first-order chi connectivity index (χ1) is 7.29. The molecule has 0 aromatic heterocycles. The molecule has 1 aromatic rings. The molecular weight excluding hydrogens is 188 g/mol. The first-order valence-electron chi connectivity index (χ1n) is 5.27. The maximum atomic E-state index is 11.7. The molecule has 0 radical (unpaired) electrons. The molecule has 15 heavy (non-hydrogen) atoms. The van der Waals surface area contributed by atoms with Crippen molar-refractivity contribution in [1.82, 2.24) is 5.32 Å². The number of hydrogen-bond donors (Lipinski definition) is 1. The van der Waals surface area contributed by atoms with Crippen molar-refractivity contribution in [3.63, 3.8) is 0 Å². The molecule has 1 heterocycles. The van der Waals surface area contributed by atoms with Crippen molar-refractivity contribution in [3.05, 3.63) is 35.9 Å². The predicted octanol–water partition coefficient (Wildman–Crippen LogP) is 1.49. The summed E-state index contributed by atoms with van der Waals surface area (Å²) >= 11 is 0. The van der Waals surface area contributed by atoms with E-state index in [-0.39, 0.29) is 11.6 Å². The minimum absolute atomic E-state index is 0.0269. The van der Waals surface area contributed by atoms with Crippen molar-refractivity contribution in [1.29, 1.82) is 0 Å². The molecule has 1 saturated carbocycles. The fourth-order valence-corrected chi connectivity index (χ4v) is 2.10. The van der Waals surface area contributed by atoms with Gasteiger partial charge in [0.2, 0.25) is 0 Å². The maximum absolute atomic E-state index is 11.7. The lowest BCUT2D eigenvalue weighted by Crippen LogP contribution is -2.47. The van der Waals surface area contributed by atoms with Gasteiger partial charge in [-0.3, -0.25) is 9.79 Å². The van der Waals surface area contributed by atoms with Crippen LogP contribution in [0.25, 0.3) is 0 Å². The molecule has 3 nitrogen and oxygen atoms in total. The summed E-state index contributed by atoms with van der Waals surface area (Å²) in [5.41, 5.74) is 1.26. The van der Waals surface area contributed by atoms with E-state index in [1.54, 1.807) is 0 Å². The Hall–Kier alpha value is -1.64. The fourth-order valence-electron chi connectivity index (χ4n) is 2.10. The smallest absolute Gasteiger partial charge is 0.272 e. The lowest BCUT2D eigenvalue weighted by atomic mass is 9.86. The monoisotopic (exact) mass is 200 g/mol. The third kappa shape index (κ3) is 1.27. The second kappa shape index (κ2) is 2.92. The minimum atomic E-state index is -0.248. The SMILES string of the molecule is O=C1NC2(CCC2)N=C1c1ccccc1. The molecule has 1 N–H and O–H groups in total. The molecule has 1 amide bonds. The lowest BCUT2D eigenvalue weighted by Gasteiger charge is -2.34. The first-order valence-corrected chi connectivity index (χ1v) is 5.27. The van der Waals surface area contributed by atoms with Crippen LogP contribution in [-0.4, -0.2) is 17.3 Å². The number of nitrogens with one attached hydrogen (secondary N) is 1. The fraction of sp³-hybridized carbons (Fsp3) is 0.333. The maximum Gasteiger partial charge on any atom is 0.272 e. The van der Waals surface area contributed by atoms with Gasteiger partial charge in [-0.25, -0.2) is 0 Å². The Morgan fingerprint density at radius 3 is 2.47 bits per heavy atom. The van der Waals surface area contributed by atoms with E-state index in [4.69, 9.17) is 0 Å². The molecule has 3 heteroatoms. The Labute approximate surface area is 88.2 Å². The number of carbonyl (C=O) groups is 1. The van der Waals surface area contributed by atoms with Crippen LogP contribution in [0.2, 0.25) is 0 Å². The Kier molecular flexibility index (Phi) is 1.69. The second-order valence-electron chi connectivity index (χ2n) is 4.17. The van der Waals surface area contributed by atoms with Gasteiger partial charge in [0.15, 0.2) is 0 Å². The number of aliphatic imine (C=N–C) groups is 1. The molecule has 0 saturated heterocycles. The third-order valence-electron chi connectivity index (χ3n) is 3.12. The lowest BCUT2D eigenvalue weighted by molar-refractivity contribution is -0.116. The summed E-state index contributed by atoms with van der Waals surface area (Å²) in [5.74, 6) is -0.0269. The van der Waals surface area contributed by atoms with Gasteiger partial charge in [-0.2, -0.15) is 0 Å². The summed E-state index contributed by atoms with van der Waals surface area (Å²) in [6.07, 6.45) is 3.12. The topological polar surface area (TPSA) is 41.5 Å². The zero-order valence-electron chi connectivity index (χ0n) is 8.36. The number of carbonyl (C=O) groups excluding carboxylic acids is 1. The molecule has 1 aliphatic carbocycles.